The van der Waals surface area contributed by atoms with Gasteiger partial charge in [0.05, 0.1) is 4.90 Å². The lowest BCUT2D eigenvalue weighted by atomic mass is 10.2. The van der Waals surface area contributed by atoms with Crippen molar-refractivity contribution >= 4 is 15.8 Å². The van der Waals surface area contributed by atoms with E-state index in [4.69, 9.17) is 0 Å². The van der Waals surface area contributed by atoms with Crippen LogP contribution in [-0.4, -0.2) is 48.9 Å². The lowest BCUT2D eigenvalue weighted by Gasteiger charge is -2.35. The zero-order chi connectivity index (χ0) is 16.6. The number of aryl methyl sites for hydroxylation is 1. The van der Waals surface area contributed by atoms with Crippen LogP contribution in [0, 0.1) is 0 Å². The molecule has 7 heteroatoms. The zero-order valence-corrected chi connectivity index (χ0v) is 14.2. The van der Waals surface area contributed by atoms with Gasteiger partial charge in [-0.1, -0.05) is 18.2 Å². The van der Waals surface area contributed by atoms with Gasteiger partial charge in [0.15, 0.2) is 0 Å². The molecule has 2 aliphatic rings. The molecule has 1 aromatic carbocycles. The molecule has 0 spiro atoms. The van der Waals surface area contributed by atoms with Crippen molar-refractivity contribution in [2.75, 3.05) is 31.1 Å². The first-order valence-corrected chi connectivity index (χ1v) is 9.73. The van der Waals surface area contributed by atoms with Crippen LogP contribution in [0.5, 0.6) is 0 Å². The van der Waals surface area contributed by atoms with Gasteiger partial charge < -0.3 is 4.90 Å². The third-order valence-electron chi connectivity index (χ3n) is 4.77. The van der Waals surface area contributed by atoms with E-state index in [0.29, 0.717) is 31.1 Å². The molecular weight excluding hydrogens is 324 g/mol. The molecule has 1 aliphatic heterocycles. The molecule has 2 heterocycles. The van der Waals surface area contributed by atoms with Gasteiger partial charge in [-0.15, -0.1) is 0 Å². The summed E-state index contributed by atoms with van der Waals surface area (Å²) in [6.45, 7) is 2.29. The van der Waals surface area contributed by atoms with Crippen molar-refractivity contribution in [1.82, 2.24) is 14.3 Å². The molecule has 0 radical (unpaired) electrons. The number of fused-ring (bicyclic) bond motifs is 1. The van der Waals surface area contributed by atoms with Crippen molar-refractivity contribution in [3.05, 3.63) is 47.9 Å². The number of sulfonamides is 1. The molecule has 1 fully saturated rings. The molecule has 24 heavy (non-hydrogen) atoms. The first-order chi connectivity index (χ1) is 11.7. The minimum absolute atomic E-state index is 0.362. The number of hydrogen-bond donors (Lipinski definition) is 0. The van der Waals surface area contributed by atoms with Crippen LogP contribution in [0.1, 0.15) is 17.7 Å². The Morgan fingerprint density at radius 2 is 1.67 bits per heavy atom. The third-order valence-corrected chi connectivity index (χ3v) is 6.68. The number of rotatable bonds is 3. The first kappa shape index (κ1) is 15.5. The highest BCUT2D eigenvalue weighted by Gasteiger charge is 2.30. The highest BCUT2D eigenvalue weighted by Crippen LogP contribution is 2.29. The minimum atomic E-state index is -3.41. The van der Waals surface area contributed by atoms with Crippen LogP contribution in [0.4, 0.5) is 5.82 Å². The fourth-order valence-electron chi connectivity index (χ4n) is 3.50. The highest BCUT2D eigenvalue weighted by molar-refractivity contribution is 7.89. The van der Waals surface area contributed by atoms with Crippen molar-refractivity contribution in [3.63, 3.8) is 0 Å². The summed E-state index contributed by atoms with van der Waals surface area (Å²) in [5.41, 5.74) is 2.40. The maximum atomic E-state index is 12.7. The van der Waals surface area contributed by atoms with Gasteiger partial charge in [-0.05, 0) is 31.4 Å². The number of nitrogens with zero attached hydrogens (tertiary/aromatic N) is 4. The third kappa shape index (κ3) is 2.67. The molecule has 1 saturated heterocycles. The van der Waals surface area contributed by atoms with E-state index in [1.165, 1.54) is 5.56 Å². The average Bonchev–Trinajstić information content (AvgIpc) is 3.11. The quantitative estimate of drug-likeness (QED) is 0.844. The first-order valence-electron chi connectivity index (χ1n) is 8.29. The second kappa shape index (κ2) is 6.14. The van der Waals surface area contributed by atoms with Gasteiger partial charge in [0.25, 0.3) is 0 Å². The maximum absolute atomic E-state index is 12.7. The summed E-state index contributed by atoms with van der Waals surface area (Å²) >= 11 is 0. The number of benzene rings is 1. The van der Waals surface area contributed by atoms with Crippen molar-refractivity contribution in [2.24, 2.45) is 0 Å². The monoisotopic (exact) mass is 344 g/mol. The van der Waals surface area contributed by atoms with Crippen LogP contribution < -0.4 is 4.90 Å². The Kier molecular flexibility index (Phi) is 3.97. The maximum Gasteiger partial charge on any atom is 0.243 e. The Morgan fingerprint density at radius 3 is 2.42 bits per heavy atom. The minimum Gasteiger partial charge on any atom is -0.354 e. The molecule has 0 atom stereocenters. The Bertz CT molecular complexity index is 831. The van der Waals surface area contributed by atoms with Crippen LogP contribution in [0.3, 0.4) is 0 Å². The molecular formula is C17H20N4O2S. The lowest BCUT2D eigenvalue weighted by Crippen LogP contribution is -2.49. The molecule has 126 valence electrons. The molecule has 1 aliphatic carbocycles. The van der Waals surface area contributed by atoms with Crippen LogP contribution in [-0.2, 0) is 22.9 Å². The molecule has 0 unspecified atom stereocenters. The fourth-order valence-corrected chi connectivity index (χ4v) is 4.94. The van der Waals surface area contributed by atoms with Crippen LogP contribution >= 0.6 is 0 Å². The number of hydrogen-bond acceptors (Lipinski definition) is 5. The van der Waals surface area contributed by atoms with Crippen molar-refractivity contribution in [1.29, 1.82) is 0 Å². The summed E-state index contributed by atoms with van der Waals surface area (Å²) < 4.78 is 27.0. The second-order valence-corrected chi connectivity index (χ2v) is 8.12. The van der Waals surface area contributed by atoms with Crippen LogP contribution in [0.2, 0.25) is 0 Å². The van der Waals surface area contributed by atoms with Crippen molar-refractivity contribution in [3.8, 4) is 0 Å². The molecule has 2 aromatic rings. The van der Waals surface area contributed by atoms with Crippen LogP contribution in [0.15, 0.2) is 41.6 Å². The Balaban J connectivity index is 1.51. The predicted octanol–water partition coefficient (Wildman–Crippen LogP) is 1.48. The summed E-state index contributed by atoms with van der Waals surface area (Å²) in [6, 6.07) is 8.64. The molecule has 1 aromatic heterocycles. The number of piperazine rings is 1. The fraction of sp³-hybridized carbons (Fsp3) is 0.412. The summed E-state index contributed by atoms with van der Waals surface area (Å²) in [5, 5.41) is 0. The normalized spacial score (nSPS) is 18.6. The number of aromatic nitrogens is 2. The highest BCUT2D eigenvalue weighted by atomic mass is 32.2. The summed E-state index contributed by atoms with van der Waals surface area (Å²) in [4.78, 5) is 11.4. The van der Waals surface area contributed by atoms with E-state index in [0.717, 1.165) is 30.8 Å². The van der Waals surface area contributed by atoms with E-state index in [2.05, 4.69) is 14.9 Å². The van der Waals surface area contributed by atoms with Gasteiger partial charge in [-0.2, -0.15) is 4.31 Å². The van der Waals surface area contributed by atoms with Crippen molar-refractivity contribution < 1.29 is 8.42 Å². The van der Waals surface area contributed by atoms with Gasteiger partial charge >= 0.3 is 0 Å². The summed E-state index contributed by atoms with van der Waals surface area (Å²) in [6.07, 6.45) is 4.80. The van der Waals surface area contributed by atoms with Gasteiger partial charge in [-0.25, -0.2) is 18.4 Å². The van der Waals surface area contributed by atoms with Crippen molar-refractivity contribution in [2.45, 2.75) is 24.2 Å². The molecule has 0 N–H and O–H groups in total. The van der Waals surface area contributed by atoms with E-state index in [9.17, 15) is 8.42 Å². The standard InChI is InChI=1S/C17H20N4O2S/c22-24(23,14-5-2-1-3-6-14)21-11-9-20(10-12-21)17-15-7-4-8-16(15)18-13-19-17/h1-3,5-6,13H,4,7-12H2. The van der Waals surface area contributed by atoms with E-state index in [1.54, 1.807) is 34.9 Å². The summed E-state index contributed by atoms with van der Waals surface area (Å²) in [5.74, 6) is 0.995. The SMILES string of the molecule is O=S(=O)(c1ccccc1)N1CCN(c2ncnc3c2CCC3)CC1. The van der Waals surface area contributed by atoms with E-state index >= 15 is 0 Å². The lowest BCUT2D eigenvalue weighted by molar-refractivity contribution is 0.383. The summed E-state index contributed by atoms with van der Waals surface area (Å²) in [7, 11) is -3.41. The molecule has 6 nitrogen and oxygen atoms in total. The average molecular weight is 344 g/mol. The molecule has 0 bridgehead atoms. The molecule has 0 saturated carbocycles. The van der Waals surface area contributed by atoms with Crippen LogP contribution in [0.25, 0.3) is 0 Å². The second-order valence-electron chi connectivity index (χ2n) is 6.18. The molecule has 0 amide bonds. The van der Waals surface area contributed by atoms with Gasteiger partial charge in [-0.3, -0.25) is 0 Å². The Morgan fingerprint density at radius 1 is 0.917 bits per heavy atom. The Hall–Kier alpha value is -1.99. The van der Waals surface area contributed by atoms with Gasteiger partial charge in [0.2, 0.25) is 10.0 Å². The topological polar surface area (TPSA) is 66.4 Å². The number of anilines is 1. The van der Waals surface area contributed by atoms with Gasteiger partial charge in [0, 0.05) is 37.4 Å². The van der Waals surface area contributed by atoms with E-state index in [-0.39, 0.29) is 0 Å². The predicted molar refractivity (Wildman–Crippen MR) is 91.5 cm³/mol. The zero-order valence-electron chi connectivity index (χ0n) is 13.4. The largest absolute Gasteiger partial charge is 0.354 e. The smallest absolute Gasteiger partial charge is 0.243 e. The van der Waals surface area contributed by atoms with E-state index in [1.807, 2.05) is 6.07 Å². The Labute approximate surface area is 142 Å². The van der Waals surface area contributed by atoms with Gasteiger partial charge in [0.1, 0.15) is 12.1 Å². The van der Waals surface area contributed by atoms with E-state index < -0.39 is 10.0 Å². The molecule has 4 rings (SSSR count).